The molecule has 1 aromatic heterocycles. The molecule has 78 valence electrons. The highest BCUT2D eigenvalue weighted by Gasteiger charge is 2.16. The number of hydrogen-bond donors (Lipinski definition) is 1. The maximum Gasteiger partial charge on any atom is 0.170 e. The molecule has 0 aliphatic heterocycles. The Morgan fingerprint density at radius 3 is 2.47 bits per heavy atom. The average Bonchev–Trinajstić information content (AvgIpc) is 2.13. The maximum absolute atomic E-state index is 13.3. The minimum Gasteiger partial charge on any atom is -0.398 e. The smallest absolute Gasteiger partial charge is 0.170 e. The van der Waals surface area contributed by atoms with E-state index >= 15 is 0 Å². The molecule has 0 amide bonds. The minimum atomic E-state index is -1.27. The molecule has 0 saturated heterocycles. The number of anilines is 1. The molecule has 0 aliphatic rings. The molecule has 0 fully saturated rings. The van der Waals surface area contributed by atoms with Crippen LogP contribution in [0.15, 0.2) is 12.1 Å². The fourth-order valence-corrected chi connectivity index (χ4v) is 1.46. The van der Waals surface area contributed by atoms with Crippen LogP contribution in [0, 0.1) is 24.4 Å². The van der Waals surface area contributed by atoms with Gasteiger partial charge in [0.2, 0.25) is 0 Å². The van der Waals surface area contributed by atoms with Crippen molar-refractivity contribution in [2.45, 2.75) is 6.92 Å². The second kappa shape index (κ2) is 3.12. The van der Waals surface area contributed by atoms with Gasteiger partial charge in [-0.2, -0.15) is 0 Å². The van der Waals surface area contributed by atoms with Crippen molar-refractivity contribution >= 4 is 16.6 Å². The van der Waals surface area contributed by atoms with Gasteiger partial charge >= 0.3 is 0 Å². The van der Waals surface area contributed by atoms with Crippen LogP contribution in [0.3, 0.4) is 0 Å². The number of rotatable bonds is 0. The molecule has 0 unspecified atom stereocenters. The van der Waals surface area contributed by atoms with Gasteiger partial charge in [-0.15, -0.1) is 0 Å². The number of aromatic nitrogens is 1. The molecule has 1 heterocycles. The van der Waals surface area contributed by atoms with Crippen molar-refractivity contribution in [1.82, 2.24) is 4.98 Å². The van der Waals surface area contributed by atoms with Gasteiger partial charge in [0.25, 0.3) is 0 Å². The van der Waals surface area contributed by atoms with Crippen LogP contribution >= 0.6 is 0 Å². The van der Waals surface area contributed by atoms with Crippen LogP contribution in [0.1, 0.15) is 5.69 Å². The molecular weight excluding hydrogens is 205 g/mol. The highest BCUT2D eigenvalue weighted by molar-refractivity contribution is 5.91. The van der Waals surface area contributed by atoms with Crippen LogP contribution in [0.2, 0.25) is 0 Å². The van der Waals surface area contributed by atoms with Crippen LogP contribution in [0.5, 0.6) is 0 Å². The lowest BCUT2D eigenvalue weighted by molar-refractivity contribution is 0.505. The first-order valence-corrected chi connectivity index (χ1v) is 4.21. The summed E-state index contributed by atoms with van der Waals surface area (Å²) in [6, 6.07) is 1.83. The Kier molecular flexibility index (Phi) is 2.03. The quantitative estimate of drug-likeness (QED) is 0.681. The van der Waals surface area contributed by atoms with Crippen molar-refractivity contribution in [3.63, 3.8) is 0 Å². The maximum atomic E-state index is 13.3. The molecule has 0 aliphatic carbocycles. The van der Waals surface area contributed by atoms with E-state index in [1.165, 1.54) is 6.07 Å². The minimum absolute atomic E-state index is 0.0200. The highest BCUT2D eigenvalue weighted by Crippen LogP contribution is 2.27. The fourth-order valence-electron chi connectivity index (χ4n) is 1.46. The Balaban J connectivity index is 3.03. The first kappa shape index (κ1) is 9.76. The molecule has 5 heteroatoms. The number of benzene rings is 1. The zero-order valence-corrected chi connectivity index (χ0v) is 7.81. The van der Waals surface area contributed by atoms with E-state index in [-0.39, 0.29) is 16.6 Å². The normalized spacial score (nSPS) is 10.9. The summed E-state index contributed by atoms with van der Waals surface area (Å²) < 4.78 is 39.5. The fraction of sp³-hybridized carbons (Fsp3) is 0.100. The summed E-state index contributed by atoms with van der Waals surface area (Å²) >= 11 is 0. The lowest BCUT2D eigenvalue weighted by Crippen LogP contribution is -1.99. The largest absolute Gasteiger partial charge is 0.398 e. The van der Waals surface area contributed by atoms with Gasteiger partial charge in [0, 0.05) is 17.4 Å². The van der Waals surface area contributed by atoms with Crippen molar-refractivity contribution in [2.75, 3.05) is 5.73 Å². The Morgan fingerprint density at radius 2 is 1.80 bits per heavy atom. The summed E-state index contributed by atoms with van der Waals surface area (Å²) in [7, 11) is 0. The summed E-state index contributed by atoms with van der Waals surface area (Å²) in [5, 5.41) is -0.307. The first-order valence-electron chi connectivity index (χ1n) is 4.21. The third-order valence-corrected chi connectivity index (χ3v) is 2.09. The van der Waals surface area contributed by atoms with E-state index in [9.17, 15) is 13.2 Å². The Morgan fingerprint density at radius 1 is 1.13 bits per heavy atom. The number of nitrogens with two attached hydrogens (primary N) is 1. The number of aryl methyl sites for hydroxylation is 1. The Labute approximate surface area is 83.5 Å². The topological polar surface area (TPSA) is 38.9 Å². The Bertz CT molecular complexity index is 552. The molecule has 2 nitrogen and oxygen atoms in total. The van der Waals surface area contributed by atoms with Crippen molar-refractivity contribution in [1.29, 1.82) is 0 Å². The van der Waals surface area contributed by atoms with Gasteiger partial charge in [0.1, 0.15) is 5.52 Å². The zero-order valence-electron chi connectivity index (χ0n) is 7.81. The van der Waals surface area contributed by atoms with Crippen molar-refractivity contribution in [3.8, 4) is 0 Å². The standard InChI is InChI=1S/C10H7F3N2/c1-4-2-7(14)8-9(13)5(11)3-6(12)10(8)15-4/h2-3H,1H3,(H2,14,15). The van der Waals surface area contributed by atoms with Gasteiger partial charge < -0.3 is 5.73 Å². The monoisotopic (exact) mass is 212 g/mol. The molecule has 0 atom stereocenters. The summed E-state index contributed by atoms with van der Waals surface area (Å²) in [6.45, 7) is 1.59. The molecule has 0 radical (unpaired) electrons. The number of halogens is 3. The Hall–Kier alpha value is -1.78. The van der Waals surface area contributed by atoms with Crippen LogP contribution in [-0.4, -0.2) is 4.98 Å². The summed E-state index contributed by atoms with van der Waals surface area (Å²) in [5.74, 6) is -3.35. The van der Waals surface area contributed by atoms with E-state index in [0.29, 0.717) is 11.8 Å². The second-order valence-electron chi connectivity index (χ2n) is 3.23. The second-order valence-corrected chi connectivity index (χ2v) is 3.23. The lowest BCUT2D eigenvalue weighted by Gasteiger charge is -2.06. The first-order chi connectivity index (χ1) is 7.00. The van der Waals surface area contributed by atoms with Crippen LogP contribution in [-0.2, 0) is 0 Å². The number of fused-ring (bicyclic) bond motifs is 1. The number of hydrogen-bond acceptors (Lipinski definition) is 2. The third kappa shape index (κ3) is 1.40. The van der Waals surface area contributed by atoms with Gasteiger partial charge in [0.15, 0.2) is 17.5 Å². The van der Waals surface area contributed by atoms with E-state index in [4.69, 9.17) is 5.73 Å². The number of nitrogens with zero attached hydrogens (tertiary/aromatic N) is 1. The summed E-state index contributed by atoms with van der Waals surface area (Å²) in [5.41, 5.74) is 5.67. The van der Waals surface area contributed by atoms with Crippen LogP contribution in [0.4, 0.5) is 18.9 Å². The van der Waals surface area contributed by atoms with E-state index in [2.05, 4.69) is 4.98 Å². The molecule has 0 saturated carbocycles. The van der Waals surface area contributed by atoms with Gasteiger partial charge in [0.05, 0.1) is 5.39 Å². The molecular formula is C10H7F3N2. The van der Waals surface area contributed by atoms with Gasteiger partial charge in [-0.1, -0.05) is 0 Å². The predicted molar refractivity (Wildman–Crippen MR) is 50.8 cm³/mol. The SMILES string of the molecule is Cc1cc(N)c2c(F)c(F)cc(F)c2n1. The van der Waals surface area contributed by atoms with Crippen molar-refractivity contribution in [2.24, 2.45) is 0 Å². The van der Waals surface area contributed by atoms with Crippen LogP contribution < -0.4 is 5.73 Å². The molecule has 2 aromatic rings. The molecule has 1 aromatic carbocycles. The zero-order chi connectivity index (χ0) is 11.2. The number of nitrogen functional groups attached to an aromatic ring is 1. The summed E-state index contributed by atoms with van der Waals surface area (Å²) in [6.07, 6.45) is 0. The van der Waals surface area contributed by atoms with Crippen LogP contribution in [0.25, 0.3) is 10.9 Å². The third-order valence-electron chi connectivity index (χ3n) is 2.09. The van der Waals surface area contributed by atoms with Gasteiger partial charge in [-0.3, -0.25) is 0 Å². The molecule has 0 spiro atoms. The lowest BCUT2D eigenvalue weighted by atomic mass is 10.1. The van der Waals surface area contributed by atoms with Crippen molar-refractivity contribution < 1.29 is 13.2 Å². The molecule has 0 bridgehead atoms. The summed E-state index contributed by atoms with van der Waals surface area (Å²) in [4.78, 5) is 3.78. The van der Waals surface area contributed by atoms with E-state index in [1.807, 2.05) is 0 Å². The molecule has 15 heavy (non-hydrogen) atoms. The predicted octanol–water partition coefficient (Wildman–Crippen LogP) is 2.54. The molecule has 2 N–H and O–H groups in total. The number of pyridine rings is 1. The average molecular weight is 212 g/mol. The van der Waals surface area contributed by atoms with Gasteiger partial charge in [-0.05, 0) is 13.0 Å². The van der Waals surface area contributed by atoms with E-state index in [0.717, 1.165) is 0 Å². The molecule has 2 rings (SSSR count). The highest BCUT2D eigenvalue weighted by atomic mass is 19.2. The van der Waals surface area contributed by atoms with E-state index < -0.39 is 17.5 Å². The van der Waals surface area contributed by atoms with E-state index in [1.54, 1.807) is 6.92 Å². The van der Waals surface area contributed by atoms with Gasteiger partial charge in [-0.25, -0.2) is 18.2 Å². The van der Waals surface area contributed by atoms with Crippen molar-refractivity contribution in [3.05, 3.63) is 35.3 Å².